The van der Waals surface area contributed by atoms with Gasteiger partial charge in [-0.25, -0.2) is 0 Å². The summed E-state index contributed by atoms with van der Waals surface area (Å²) in [4.78, 5) is 0. The number of halogens is 1. The van der Waals surface area contributed by atoms with Crippen LogP contribution in [0.3, 0.4) is 0 Å². The van der Waals surface area contributed by atoms with Gasteiger partial charge in [0.05, 0.1) is 21.9 Å². The number of aromatic nitrogens is 2. The predicted molar refractivity (Wildman–Crippen MR) is 74.4 cm³/mol. The van der Waals surface area contributed by atoms with Crippen molar-refractivity contribution in [3.8, 4) is 0 Å². The molecule has 1 unspecified atom stereocenters. The van der Waals surface area contributed by atoms with Gasteiger partial charge in [0.1, 0.15) is 0 Å². The van der Waals surface area contributed by atoms with Gasteiger partial charge < -0.3 is 5.32 Å². The molecule has 0 spiro atoms. The summed E-state index contributed by atoms with van der Waals surface area (Å²) in [6.45, 7) is 7.49. The highest BCUT2D eigenvalue weighted by Crippen LogP contribution is 2.26. The number of nitrogens with one attached hydrogen (secondary N) is 1. The molecule has 1 heterocycles. The third-order valence-electron chi connectivity index (χ3n) is 3.42. The fraction of sp³-hybridized carbons (Fsp3) is 0.769. The first kappa shape index (κ1) is 13.1. The molecule has 0 amide bonds. The summed E-state index contributed by atoms with van der Waals surface area (Å²) >= 11 is 3.61. The molecule has 0 saturated heterocycles. The molecule has 0 aliphatic heterocycles. The van der Waals surface area contributed by atoms with E-state index in [-0.39, 0.29) is 0 Å². The van der Waals surface area contributed by atoms with Crippen LogP contribution in [0.4, 0.5) is 0 Å². The van der Waals surface area contributed by atoms with Gasteiger partial charge in [0.2, 0.25) is 0 Å². The number of hydrogen-bond donors (Lipinski definition) is 1. The number of hydrogen-bond acceptors (Lipinski definition) is 2. The van der Waals surface area contributed by atoms with Crippen molar-refractivity contribution in [2.45, 2.75) is 58.5 Å². The summed E-state index contributed by atoms with van der Waals surface area (Å²) in [5.74, 6) is 0. The molecule has 3 nitrogen and oxygen atoms in total. The summed E-state index contributed by atoms with van der Waals surface area (Å²) in [6.07, 6.45) is 5.08. The van der Waals surface area contributed by atoms with Gasteiger partial charge in [-0.3, -0.25) is 4.68 Å². The summed E-state index contributed by atoms with van der Waals surface area (Å²) in [5, 5.41) is 8.28. The standard InChI is InChI=1S/C13H22BrN3/c1-4-5-12(8-15-11-6-7-11)17-10(3)13(14)9(2)16-17/h11-12,15H,4-8H2,1-3H3. The highest BCUT2D eigenvalue weighted by molar-refractivity contribution is 9.10. The summed E-state index contributed by atoms with van der Waals surface area (Å²) < 4.78 is 3.35. The van der Waals surface area contributed by atoms with Crippen molar-refractivity contribution in [3.05, 3.63) is 15.9 Å². The Morgan fingerprint density at radius 3 is 2.65 bits per heavy atom. The van der Waals surface area contributed by atoms with Gasteiger partial charge in [-0.2, -0.15) is 5.10 Å². The van der Waals surface area contributed by atoms with E-state index in [0.29, 0.717) is 6.04 Å². The Labute approximate surface area is 112 Å². The number of rotatable bonds is 6. The van der Waals surface area contributed by atoms with Crippen LogP contribution in [0, 0.1) is 13.8 Å². The van der Waals surface area contributed by atoms with Crippen molar-refractivity contribution < 1.29 is 0 Å². The second kappa shape index (κ2) is 5.53. The molecular weight excluding hydrogens is 278 g/mol. The number of nitrogens with zero attached hydrogens (tertiary/aromatic N) is 2. The van der Waals surface area contributed by atoms with E-state index >= 15 is 0 Å². The summed E-state index contributed by atoms with van der Waals surface area (Å²) in [7, 11) is 0. The second-order valence-electron chi connectivity index (χ2n) is 5.05. The zero-order valence-electron chi connectivity index (χ0n) is 11.0. The largest absolute Gasteiger partial charge is 0.312 e. The highest BCUT2D eigenvalue weighted by atomic mass is 79.9. The lowest BCUT2D eigenvalue weighted by atomic mass is 10.1. The van der Waals surface area contributed by atoms with Crippen LogP contribution in [0.25, 0.3) is 0 Å². The Kier molecular flexibility index (Phi) is 4.26. The predicted octanol–water partition coefficient (Wildman–Crippen LogP) is 3.36. The molecular formula is C13H22BrN3. The molecule has 0 bridgehead atoms. The molecule has 1 N–H and O–H groups in total. The topological polar surface area (TPSA) is 29.9 Å². The van der Waals surface area contributed by atoms with E-state index in [1.54, 1.807) is 0 Å². The lowest BCUT2D eigenvalue weighted by Gasteiger charge is -2.19. The average molecular weight is 300 g/mol. The Morgan fingerprint density at radius 1 is 1.47 bits per heavy atom. The molecule has 1 saturated carbocycles. The van der Waals surface area contributed by atoms with Crippen LogP contribution < -0.4 is 5.32 Å². The van der Waals surface area contributed by atoms with Crippen molar-refractivity contribution in [2.24, 2.45) is 0 Å². The van der Waals surface area contributed by atoms with Crippen LogP contribution in [0.15, 0.2) is 4.47 Å². The van der Waals surface area contributed by atoms with Crippen molar-refractivity contribution in [2.75, 3.05) is 6.54 Å². The molecule has 17 heavy (non-hydrogen) atoms. The van der Waals surface area contributed by atoms with E-state index in [4.69, 9.17) is 0 Å². The SMILES string of the molecule is CCCC(CNC1CC1)n1nc(C)c(Br)c1C. The lowest BCUT2D eigenvalue weighted by Crippen LogP contribution is -2.28. The van der Waals surface area contributed by atoms with E-state index < -0.39 is 0 Å². The molecule has 1 atom stereocenters. The minimum atomic E-state index is 0.491. The van der Waals surface area contributed by atoms with Crippen molar-refractivity contribution in [1.82, 2.24) is 15.1 Å². The van der Waals surface area contributed by atoms with E-state index in [2.05, 4.69) is 51.8 Å². The maximum atomic E-state index is 4.66. The zero-order chi connectivity index (χ0) is 12.4. The van der Waals surface area contributed by atoms with E-state index in [9.17, 15) is 0 Å². The first-order chi connectivity index (χ1) is 8.13. The van der Waals surface area contributed by atoms with Crippen molar-refractivity contribution in [1.29, 1.82) is 0 Å². The van der Waals surface area contributed by atoms with E-state index in [0.717, 1.165) is 22.8 Å². The average Bonchev–Trinajstić information content (AvgIpc) is 3.09. The minimum Gasteiger partial charge on any atom is -0.312 e. The van der Waals surface area contributed by atoms with Crippen LogP contribution in [0.1, 0.15) is 50.0 Å². The quantitative estimate of drug-likeness (QED) is 0.873. The molecule has 1 fully saturated rings. The van der Waals surface area contributed by atoms with Crippen LogP contribution in [0.2, 0.25) is 0 Å². The van der Waals surface area contributed by atoms with Gasteiger partial charge in [-0.1, -0.05) is 13.3 Å². The first-order valence-corrected chi connectivity index (χ1v) is 7.37. The third-order valence-corrected chi connectivity index (χ3v) is 4.57. The highest BCUT2D eigenvalue weighted by Gasteiger charge is 2.23. The Balaban J connectivity index is 2.09. The minimum absolute atomic E-state index is 0.491. The molecule has 1 aliphatic rings. The van der Waals surface area contributed by atoms with E-state index in [1.165, 1.54) is 31.4 Å². The molecule has 1 aliphatic carbocycles. The zero-order valence-corrected chi connectivity index (χ0v) is 12.5. The van der Waals surface area contributed by atoms with E-state index in [1.807, 2.05) is 0 Å². The van der Waals surface area contributed by atoms with Crippen LogP contribution in [-0.2, 0) is 0 Å². The van der Waals surface area contributed by atoms with Gasteiger partial charge in [-0.05, 0) is 49.0 Å². The maximum Gasteiger partial charge on any atom is 0.0738 e. The molecule has 0 aromatic carbocycles. The lowest BCUT2D eigenvalue weighted by molar-refractivity contribution is 0.386. The summed E-state index contributed by atoms with van der Waals surface area (Å²) in [5.41, 5.74) is 2.34. The molecule has 1 aromatic rings. The van der Waals surface area contributed by atoms with Crippen LogP contribution >= 0.6 is 15.9 Å². The second-order valence-corrected chi connectivity index (χ2v) is 5.85. The van der Waals surface area contributed by atoms with Gasteiger partial charge in [0, 0.05) is 12.6 Å². The smallest absolute Gasteiger partial charge is 0.0738 e. The molecule has 4 heteroatoms. The van der Waals surface area contributed by atoms with Gasteiger partial charge >= 0.3 is 0 Å². The van der Waals surface area contributed by atoms with Crippen LogP contribution in [-0.4, -0.2) is 22.4 Å². The third kappa shape index (κ3) is 3.10. The Hall–Kier alpha value is -0.350. The normalized spacial score (nSPS) is 17.4. The van der Waals surface area contributed by atoms with Crippen LogP contribution in [0.5, 0.6) is 0 Å². The molecule has 1 aromatic heterocycles. The Morgan fingerprint density at radius 2 is 2.18 bits per heavy atom. The molecule has 96 valence electrons. The fourth-order valence-electron chi connectivity index (χ4n) is 2.23. The molecule has 0 radical (unpaired) electrons. The maximum absolute atomic E-state index is 4.66. The molecule has 2 rings (SSSR count). The van der Waals surface area contributed by atoms with Gasteiger partial charge in [0.25, 0.3) is 0 Å². The van der Waals surface area contributed by atoms with Gasteiger partial charge in [-0.15, -0.1) is 0 Å². The summed E-state index contributed by atoms with van der Waals surface area (Å²) in [6, 6.07) is 1.26. The number of aryl methyl sites for hydroxylation is 1. The fourth-order valence-corrected chi connectivity index (χ4v) is 2.49. The monoisotopic (exact) mass is 299 g/mol. The Bertz CT molecular complexity index is 382. The van der Waals surface area contributed by atoms with Gasteiger partial charge in [0.15, 0.2) is 0 Å². The van der Waals surface area contributed by atoms with Crippen molar-refractivity contribution >= 4 is 15.9 Å². The first-order valence-electron chi connectivity index (χ1n) is 6.58. The van der Waals surface area contributed by atoms with Crippen molar-refractivity contribution in [3.63, 3.8) is 0 Å².